The first-order valence-corrected chi connectivity index (χ1v) is 10.9. The molecule has 31 heavy (non-hydrogen) atoms. The molecule has 0 radical (unpaired) electrons. The number of rotatable bonds is 9. The van der Waals surface area contributed by atoms with E-state index in [-0.39, 0.29) is 11.2 Å². The first-order valence-electron chi connectivity index (χ1n) is 10.9. The summed E-state index contributed by atoms with van der Waals surface area (Å²) in [6, 6.07) is 11.6. The molecule has 0 fully saturated rings. The molecule has 5 heteroatoms. The minimum atomic E-state index is -0.488. The fourth-order valence-corrected chi connectivity index (χ4v) is 3.92. The van der Waals surface area contributed by atoms with Gasteiger partial charge in [0.05, 0.1) is 18.1 Å². The van der Waals surface area contributed by atoms with Crippen LogP contribution >= 0.6 is 0 Å². The van der Waals surface area contributed by atoms with Gasteiger partial charge in [0, 0.05) is 25.5 Å². The molecule has 0 spiro atoms. The number of hydrogen-bond acceptors (Lipinski definition) is 3. The quantitative estimate of drug-likeness (QED) is 0.510. The molecule has 0 aliphatic carbocycles. The third-order valence-corrected chi connectivity index (χ3v) is 5.22. The highest BCUT2D eigenvalue weighted by Crippen LogP contribution is 2.24. The number of imidazole rings is 1. The van der Waals surface area contributed by atoms with Crippen LogP contribution < -0.4 is 5.32 Å². The van der Waals surface area contributed by atoms with Crippen molar-refractivity contribution >= 4 is 0 Å². The second kappa shape index (κ2) is 10.2. The zero-order valence-corrected chi connectivity index (χ0v) is 19.0. The number of aryl methyl sites for hydroxylation is 2. The highest BCUT2D eigenvalue weighted by molar-refractivity contribution is 5.44. The average Bonchev–Trinajstić information content (AvgIpc) is 3.19. The van der Waals surface area contributed by atoms with Gasteiger partial charge in [-0.25, -0.2) is 9.37 Å². The summed E-state index contributed by atoms with van der Waals surface area (Å²) in [5.74, 6) is -0.218. The Kier molecular flexibility index (Phi) is 7.63. The molecule has 0 saturated carbocycles. The van der Waals surface area contributed by atoms with Crippen molar-refractivity contribution in [1.82, 2.24) is 14.9 Å². The predicted molar refractivity (Wildman–Crippen MR) is 124 cm³/mol. The van der Waals surface area contributed by atoms with Crippen LogP contribution in [0, 0.1) is 18.2 Å². The third-order valence-electron chi connectivity index (χ3n) is 5.22. The maximum atomic E-state index is 13.6. The van der Waals surface area contributed by atoms with Crippen LogP contribution in [0.15, 0.2) is 55.1 Å². The molecule has 0 aliphatic rings. The van der Waals surface area contributed by atoms with Crippen molar-refractivity contribution in [3.8, 4) is 5.69 Å². The Morgan fingerprint density at radius 3 is 2.61 bits per heavy atom. The molecular formula is C26H34FN3O. The summed E-state index contributed by atoms with van der Waals surface area (Å²) >= 11 is 0. The summed E-state index contributed by atoms with van der Waals surface area (Å²) in [5, 5.41) is 13.8. The Hall–Kier alpha value is -2.50. The minimum Gasteiger partial charge on any atom is -0.392 e. The van der Waals surface area contributed by atoms with Gasteiger partial charge in [0.2, 0.25) is 0 Å². The first-order chi connectivity index (χ1) is 14.7. The van der Waals surface area contributed by atoms with E-state index in [0.717, 1.165) is 23.2 Å². The van der Waals surface area contributed by atoms with Gasteiger partial charge in [-0.05, 0) is 72.1 Å². The Morgan fingerprint density at radius 1 is 1.13 bits per heavy atom. The van der Waals surface area contributed by atoms with Gasteiger partial charge in [0.15, 0.2) is 0 Å². The van der Waals surface area contributed by atoms with Crippen LogP contribution in [0.5, 0.6) is 0 Å². The highest BCUT2D eigenvalue weighted by atomic mass is 19.1. The van der Waals surface area contributed by atoms with Crippen LogP contribution in [-0.4, -0.2) is 27.3 Å². The van der Waals surface area contributed by atoms with E-state index < -0.39 is 6.10 Å². The Morgan fingerprint density at radius 2 is 1.94 bits per heavy atom. The van der Waals surface area contributed by atoms with Gasteiger partial charge in [-0.1, -0.05) is 39.0 Å². The summed E-state index contributed by atoms with van der Waals surface area (Å²) < 4.78 is 15.6. The summed E-state index contributed by atoms with van der Waals surface area (Å²) in [5.41, 5.74) is 5.61. The van der Waals surface area contributed by atoms with Crippen LogP contribution in [-0.2, 0) is 19.4 Å². The highest BCUT2D eigenvalue weighted by Gasteiger charge is 2.14. The monoisotopic (exact) mass is 423 g/mol. The van der Waals surface area contributed by atoms with Crippen LogP contribution in [0.3, 0.4) is 0 Å². The lowest BCUT2D eigenvalue weighted by molar-refractivity contribution is 0.161. The van der Waals surface area contributed by atoms with Crippen molar-refractivity contribution in [1.29, 1.82) is 0 Å². The number of aliphatic hydroxyl groups excluding tert-OH is 1. The number of aromatic nitrogens is 2. The second-order valence-electron chi connectivity index (χ2n) is 9.63. The van der Waals surface area contributed by atoms with E-state index in [1.165, 1.54) is 17.2 Å². The van der Waals surface area contributed by atoms with E-state index in [9.17, 15) is 9.50 Å². The molecule has 2 N–H and O–H groups in total. The van der Waals surface area contributed by atoms with Crippen LogP contribution in [0.25, 0.3) is 5.69 Å². The molecule has 1 aromatic heterocycles. The Bertz CT molecular complexity index is 957. The van der Waals surface area contributed by atoms with E-state index in [0.29, 0.717) is 25.9 Å². The molecule has 1 unspecified atom stereocenters. The standard InChI is InChI=1S/C26H34FN3O/c1-19-11-20(14-23(27)12-19)5-7-24(31)17-29-16-22-13-21(15-26(2,3)4)6-8-25(22)30-10-9-28-18-30/h6,8-14,18,24,29,31H,5,7,15-17H2,1-4H3. The lowest BCUT2D eigenvalue weighted by Gasteiger charge is -2.20. The van der Waals surface area contributed by atoms with Crippen molar-refractivity contribution in [2.75, 3.05) is 6.54 Å². The Balaban J connectivity index is 1.60. The molecule has 1 heterocycles. The molecule has 3 aromatic rings. The zero-order valence-electron chi connectivity index (χ0n) is 19.0. The lowest BCUT2D eigenvalue weighted by Crippen LogP contribution is -2.27. The lowest BCUT2D eigenvalue weighted by atomic mass is 9.87. The minimum absolute atomic E-state index is 0.215. The van der Waals surface area contributed by atoms with E-state index in [4.69, 9.17) is 0 Å². The number of halogens is 1. The van der Waals surface area contributed by atoms with E-state index >= 15 is 0 Å². The van der Waals surface area contributed by atoms with Gasteiger partial charge in [-0.2, -0.15) is 0 Å². The molecule has 4 nitrogen and oxygen atoms in total. The van der Waals surface area contributed by atoms with E-state index in [1.54, 1.807) is 18.6 Å². The van der Waals surface area contributed by atoms with Crippen molar-refractivity contribution in [2.24, 2.45) is 5.41 Å². The predicted octanol–water partition coefficient (Wildman–Crippen LogP) is 4.99. The SMILES string of the molecule is Cc1cc(F)cc(CCC(O)CNCc2cc(CC(C)(C)C)ccc2-n2ccnc2)c1. The summed E-state index contributed by atoms with van der Waals surface area (Å²) in [4.78, 5) is 4.17. The second-order valence-corrected chi connectivity index (χ2v) is 9.63. The molecule has 2 aromatic carbocycles. The molecule has 166 valence electrons. The molecule has 0 amide bonds. The molecule has 0 aliphatic heterocycles. The summed E-state index contributed by atoms with van der Waals surface area (Å²) in [6.07, 6.45) is 7.28. The largest absolute Gasteiger partial charge is 0.392 e. The number of aliphatic hydroxyl groups is 1. The number of nitrogens with one attached hydrogen (secondary N) is 1. The van der Waals surface area contributed by atoms with Gasteiger partial charge < -0.3 is 15.0 Å². The molecule has 0 saturated heterocycles. The maximum Gasteiger partial charge on any atom is 0.123 e. The van der Waals surface area contributed by atoms with Gasteiger partial charge in [-0.3, -0.25) is 0 Å². The third kappa shape index (κ3) is 7.30. The summed E-state index contributed by atoms with van der Waals surface area (Å²) in [6.45, 7) is 9.75. The maximum absolute atomic E-state index is 13.6. The smallest absolute Gasteiger partial charge is 0.123 e. The number of benzene rings is 2. The van der Waals surface area contributed by atoms with Crippen molar-refractivity contribution < 1.29 is 9.50 Å². The zero-order chi connectivity index (χ0) is 22.4. The average molecular weight is 424 g/mol. The number of hydrogen-bond donors (Lipinski definition) is 2. The first kappa shape index (κ1) is 23.2. The molecule has 1 atom stereocenters. The fraction of sp³-hybridized carbons (Fsp3) is 0.423. The van der Waals surface area contributed by atoms with Crippen LogP contribution in [0.1, 0.15) is 49.4 Å². The van der Waals surface area contributed by atoms with Crippen molar-refractivity contribution in [2.45, 2.75) is 59.6 Å². The van der Waals surface area contributed by atoms with Crippen molar-refractivity contribution in [3.63, 3.8) is 0 Å². The van der Waals surface area contributed by atoms with Gasteiger partial charge in [-0.15, -0.1) is 0 Å². The van der Waals surface area contributed by atoms with Gasteiger partial charge in [0.1, 0.15) is 5.82 Å². The molecule has 3 rings (SSSR count). The van der Waals surface area contributed by atoms with Crippen molar-refractivity contribution in [3.05, 3.63) is 83.2 Å². The van der Waals surface area contributed by atoms with Gasteiger partial charge in [0.25, 0.3) is 0 Å². The van der Waals surface area contributed by atoms with Crippen LogP contribution in [0.4, 0.5) is 4.39 Å². The molecule has 0 bridgehead atoms. The van der Waals surface area contributed by atoms with Gasteiger partial charge >= 0.3 is 0 Å². The normalized spacial score (nSPS) is 12.8. The number of nitrogens with zero attached hydrogens (tertiary/aromatic N) is 2. The summed E-state index contributed by atoms with van der Waals surface area (Å²) in [7, 11) is 0. The van der Waals surface area contributed by atoms with E-state index in [2.05, 4.69) is 49.3 Å². The molecular weight excluding hydrogens is 389 g/mol. The Labute approximate surface area is 185 Å². The van der Waals surface area contributed by atoms with Crippen LogP contribution in [0.2, 0.25) is 0 Å². The topological polar surface area (TPSA) is 50.1 Å². The fourth-order valence-electron chi connectivity index (χ4n) is 3.92. The van der Waals surface area contributed by atoms with E-state index in [1.807, 2.05) is 23.8 Å².